The van der Waals surface area contributed by atoms with Crippen LogP contribution in [-0.2, 0) is 39.3 Å². The predicted molar refractivity (Wildman–Crippen MR) is 486 cm³/mol. The third-order valence-corrected chi connectivity index (χ3v) is 24.2. The Balaban J connectivity index is 0.676. The van der Waals surface area contributed by atoms with Gasteiger partial charge < -0.3 is 27.4 Å². The van der Waals surface area contributed by atoms with E-state index in [1.165, 1.54) is 234 Å². The van der Waals surface area contributed by atoms with E-state index < -0.39 is 0 Å². The monoisotopic (exact) mass is 1480 g/mol. The fourth-order valence-corrected chi connectivity index (χ4v) is 18.4. The van der Waals surface area contributed by atoms with Gasteiger partial charge >= 0.3 is 0 Å². The molecule has 114 heavy (non-hydrogen) atoms. The molecule has 0 radical (unpaired) electrons. The molecule has 18 aromatic rings. The van der Waals surface area contributed by atoms with E-state index in [1.807, 2.05) is 0 Å². The average Bonchev–Trinajstić information content (AvgIpc) is 1.62. The molecule has 0 atom stereocenters. The van der Waals surface area contributed by atoms with Crippen LogP contribution in [0.25, 0.3) is 131 Å². The molecule has 0 saturated heterocycles. The van der Waals surface area contributed by atoms with Gasteiger partial charge in [-0.1, -0.05) is 225 Å². The van der Waals surface area contributed by atoms with Gasteiger partial charge in [0.25, 0.3) is 0 Å². The van der Waals surface area contributed by atoms with E-state index in [9.17, 15) is 0 Å². The number of hydrogen-bond acceptors (Lipinski definition) is 0. The zero-order valence-electron chi connectivity index (χ0n) is 66.7. The highest BCUT2D eigenvalue weighted by molar-refractivity contribution is 6.13. The van der Waals surface area contributed by atoms with Crippen LogP contribution in [0.4, 0.5) is 0 Å². The lowest BCUT2D eigenvalue weighted by atomic mass is 10.1. The summed E-state index contributed by atoms with van der Waals surface area (Å²) in [4.78, 5) is 0. The van der Waals surface area contributed by atoms with Gasteiger partial charge in [-0.3, -0.25) is 0 Å². The third-order valence-electron chi connectivity index (χ3n) is 24.2. The van der Waals surface area contributed by atoms with Crippen LogP contribution in [0.1, 0.15) is 188 Å². The molecule has 0 fully saturated rings. The summed E-state index contributed by atoms with van der Waals surface area (Å²) in [7, 11) is 0. The quantitative estimate of drug-likeness (QED) is 0.0403. The van der Waals surface area contributed by atoms with Crippen LogP contribution in [0.5, 0.6) is 0 Å². The van der Waals surface area contributed by atoms with Crippen molar-refractivity contribution in [3.05, 3.63) is 287 Å². The highest BCUT2D eigenvalue weighted by atomic mass is 15.0. The van der Waals surface area contributed by atoms with Crippen molar-refractivity contribution in [2.24, 2.45) is 0 Å². The second-order valence-electron chi connectivity index (χ2n) is 31.8. The maximum Gasteiger partial charge on any atom is 0.0492 e. The lowest BCUT2D eigenvalue weighted by Gasteiger charge is -2.10. The molecular weight excluding hydrogens is 1380 g/mol. The molecule has 6 aromatic heterocycles. The summed E-state index contributed by atoms with van der Waals surface area (Å²) >= 11 is 0. The summed E-state index contributed by atoms with van der Waals surface area (Å²) < 4.78 is 15.2. The second-order valence-corrected chi connectivity index (χ2v) is 31.8. The molecule has 0 amide bonds. The Morgan fingerprint density at radius 3 is 0.482 bits per heavy atom. The third kappa shape index (κ3) is 14.5. The van der Waals surface area contributed by atoms with Crippen molar-refractivity contribution < 1.29 is 0 Å². The molecule has 0 N–H and O–H groups in total. The summed E-state index contributed by atoms with van der Waals surface area (Å²) in [5, 5.41) is 15.0. The van der Waals surface area contributed by atoms with Gasteiger partial charge in [0.2, 0.25) is 0 Å². The van der Waals surface area contributed by atoms with Crippen molar-refractivity contribution in [1.29, 1.82) is 0 Å². The SMILES string of the molecule is CCCCCCn1c2ccccc2c2cc(C#Cc3ccc4c(c3)c3cc(C#Cc5ccc6c(c5)c5ccccc5n6CCCCCC)ccc3n4CCCCn3c4ccc(C#Cc5ccc6c(c5)c5ccccc5n6CCCCCC)cc4c4cc(C#Cc5ccc6c(c5)c5ccccc5n6CCCCCC)ccc43)ccc21. The molecule has 0 bridgehead atoms. The molecule has 6 nitrogen and oxygen atoms in total. The first kappa shape index (κ1) is 73.2. The van der Waals surface area contributed by atoms with Gasteiger partial charge in [-0.2, -0.15) is 0 Å². The molecule has 12 aromatic carbocycles. The van der Waals surface area contributed by atoms with E-state index >= 15 is 0 Å². The lowest BCUT2D eigenvalue weighted by Crippen LogP contribution is -2.02. The van der Waals surface area contributed by atoms with Crippen molar-refractivity contribution in [2.45, 2.75) is 183 Å². The van der Waals surface area contributed by atoms with Gasteiger partial charge in [-0.05, 0) is 208 Å². The maximum absolute atomic E-state index is 3.66. The minimum Gasteiger partial charge on any atom is -0.340 e. The van der Waals surface area contributed by atoms with Crippen LogP contribution in [0, 0.1) is 47.4 Å². The van der Waals surface area contributed by atoms with Crippen molar-refractivity contribution in [2.75, 3.05) is 0 Å². The highest BCUT2D eigenvalue weighted by Crippen LogP contribution is 2.38. The van der Waals surface area contributed by atoms with E-state index in [0.717, 1.165) is 96.6 Å². The number of nitrogens with zero attached hydrogens (tertiary/aromatic N) is 6. The molecule has 18 rings (SSSR count). The molecule has 0 saturated carbocycles. The Morgan fingerprint density at radius 2 is 0.307 bits per heavy atom. The summed E-state index contributed by atoms with van der Waals surface area (Å²) in [6.45, 7) is 14.9. The first-order chi connectivity index (χ1) is 56.4. The zero-order valence-corrected chi connectivity index (χ0v) is 66.7. The number of benzene rings is 12. The summed E-state index contributed by atoms with van der Waals surface area (Å²) in [5.74, 6) is 29.2. The van der Waals surface area contributed by atoms with Crippen LogP contribution in [-0.4, -0.2) is 27.4 Å². The minimum atomic E-state index is 0.849. The van der Waals surface area contributed by atoms with E-state index in [1.54, 1.807) is 0 Å². The molecule has 0 aliphatic carbocycles. The molecule has 0 spiro atoms. The highest BCUT2D eigenvalue weighted by Gasteiger charge is 2.19. The molecule has 562 valence electrons. The summed E-state index contributed by atoms with van der Waals surface area (Å²) in [6.07, 6.45) is 21.6. The molecule has 0 aliphatic heterocycles. The average molecular weight is 1480 g/mol. The zero-order chi connectivity index (χ0) is 76.9. The normalized spacial score (nSPS) is 11.7. The Kier molecular flexibility index (Phi) is 21.3. The Labute approximate surface area is 671 Å². The van der Waals surface area contributed by atoms with E-state index in [2.05, 4.69) is 345 Å². The maximum atomic E-state index is 3.66. The van der Waals surface area contributed by atoms with Crippen LogP contribution >= 0.6 is 0 Å². The first-order valence-corrected chi connectivity index (χ1v) is 42.6. The van der Waals surface area contributed by atoms with Crippen molar-refractivity contribution in [1.82, 2.24) is 27.4 Å². The van der Waals surface area contributed by atoms with E-state index in [0.29, 0.717) is 0 Å². The fourth-order valence-electron chi connectivity index (χ4n) is 18.4. The topological polar surface area (TPSA) is 29.6 Å². The Morgan fingerprint density at radius 1 is 0.158 bits per heavy atom. The smallest absolute Gasteiger partial charge is 0.0492 e. The number of aryl methyl sites for hydroxylation is 6. The molecule has 6 heteroatoms. The lowest BCUT2D eigenvalue weighted by molar-refractivity contribution is 0.583. The number of aromatic nitrogens is 6. The number of unbranched alkanes of at least 4 members (excludes halogenated alkanes) is 13. The Hall–Kier alpha value is -12.3. The number of fused-ring (bicyclic) bond motifs is 18. The van der Waals surface area contributed by atoms with E-state index in [-0.39, 0.29) is 0 Å². The standard InChI is InChI=1S/C108H100N6/c1-5-9-13-25-63-109-97-35-21-17-31-85(97)89-69-77(47-55-101(89)109)39-43-81-51-59-105-93(73-81)94-74-82(44-40-78-48-56-102-90(70-78)86-32-18-22-36-98(86)110(102)64-26-14-10-6-2)52-60-106(94)113(105)67-29-30-68-114-107-61-53-83(45-41-79-49-57-103-91(71-79)87-33-19-23-37-99(87)111(103)65-27-15-11-7-3)75-95(107)96-76-84(54-62-108(96)114)46-42-80-50-58-104-92(72-80)88-34-20-24-38-100(88)112(104)66-28-16-12-8-4/h17-24,31-38,47-62,69-76H,5-16,25-30,63-68H2,1-4H3. The second kappa shape index (κ2) is 33.2. The Bertz CT molecular complexity index is 6140. The molecule has 0 aliphatic rings. The molecule has 0 unspecified atom stereocenters. The first-order valence-electron chi connectivity index (χ1n) is 42.6. The minimum absolute atomic E-state index is 0.849. The largest absolute Gasteiger partial charge is 0.340 e. The van der Waals surface area contributed by atoms with Crippen molar-refractivity contribution >= 4 is 131 Å². The van der Waals surface area contributed by atoms with Gasteiger partial charge in [0.1, 0.15) is 0 Å². The number of rotatable bonds is 25. The predicted octanol–water partition coefficient (Wildman–Crippen LogP) is 27.7. The summed E-state index contributed by atoms with van der Waals surface area (Å²) in [5.41, 5.74) is 23.2. The van der Waals surface area contributed by atoms with Gasteiger partial charge in [0, 0.05) is 215 Å². The summed E-state index contributed by atoms with van der Waals surface area (Å²) in [6, 6.07) is 90.2. The number of hydrogen-bond donors (Lipinski definition) is 0. The van der Waals surface area contributed by atoms with Gasteiger partial charge in [-0.25, -0.2) is 0 Å². The van der Waals surface area contributed by atoms with Crippen molar-refractivity contribution in [3.8, 4) is 47.4 Å². The van der Waals surface area contributed by atoms with Crippen LogP contribution < -0.4 is 0 Å². The number of para-hydroxylation sites is 4. The molecule has 6 heterocycles. The van der Waals surface area contributed by atoms with Gasteiger partial charge in [-0.15, -0.1) is 0 Å². The van der Waals surface area contributed by atoms with Crippen molar-refractivity contribution in [3.63, 3.8) is 0 Å². The van der Waals surface area contributed by atoms with Crippen LogP contribution in [0.2, 0.25) is 0 Å². The molecular formula is C108H100N6. The van der Waals surface area contributed by atoms with Gasteiger partial charge in [0.05, 0.1) is 0 Å². The van der Waals surface area contributed by atoms with Crippen LogP contribution in [0.15, 0.2) is 243 Å². The van der Waals surface area contributed by atoms with Gasteiger partial charge in [0.15, 0.2) is 0 Å². The fraction of sp³-hybridized carbons (Fsp3) is 0.259. The van der Waals surface area contributed by atoms with Crippen LogP contribution in [0.3, 0.4) is 0 Å². The van der Waals surface area contributed by atoms with E-state index in [4.69, 9.17) is 0 Å².